The maximum absolute atomic E-state index is 12.5. The Hall–Kier alpha value is -0.290. The average molecular weight is 265 g/mol. The van der Waals surface area contributed by atoms with Crippen molar-refractivity contribution in [3.63, 3.8) is 0 Å². The molecule has 0 aromatic heterocycles. The van der Waals surface area contributed by atoms with Gasteiger partial charge in [-0.15, -0.1) is 0 Å². The van der Waals surface area contributed by atoms with Crippen LogP contribution in [0.2, 0.25) is 0 Å². The lowest BCUT2D eigenvalue weighted by molar-refractivity contribution is -0.182. The highest BCUT2D eigenvalue weighted by atomic mass is 19.4. The Morgan fingerprint density at radius 3 is 2.11 bits per heavy atom. The Bertz CT molecular complexity index is 261. The second-order valence-electron chi connectivity index (χ2n) is 5.77. The van der Waals surface area contributed by atoms with Crippen molar-refractivity contribution in [1.82, 2.24) is 5.32 Å². The zero-order chi connectivity index (χ0) is 13.2. The van der Waals surface area contributed by atoms with E-state index in [0.29, 0.717) is 18.9 Å². The molecule has 2 unspecified atom stereocenters. The normalized spacial score (nSPS) is 38.7. The van der Waals surface area contributed by atoms with Crippen molar-refractivity contribution in [2.24, 2.45) is 5.92 Å². The molecule has 2 fully saturated rings. The number of halogens is 3. The van der Waals surface area contributed by atoms with Crippen LogP contribution in [0, 0.1) is 5.92 Å². The molecule has 106 valence electrons. The number of hydrogen-bond donors (Lipinski definition) is 2. The van der Waals surface area contributed by atoms with Gasteiger partial charge in [0.1, 0.15) is 0 Å². The van der Waals surface area contributed by atoms with Crippen LogP contribution in [0.3, 0.4) is 0 Å². The van der Waals surface area contributed by atoms with Crippen LogP contribution in [0.4, 0.5) is 13.2 Å². The Morgan fingerprint density at radius 1 is 0.889 bits per heavy atom. The van der Waals surface area contributed by atoms with E-state index in [-0.39, 0.29) is 25.0 Å². The highest BCUT2D eigenvalue weighted by Crippen LogP contribution is 2.37. The molecule has 18 heavy (non-hydrogen) atoms. The summed E-state index contributed by atoms with van der Waals surface area (Å²) in [6.07, 6.45) is 1.11. The minimum Gasteiger partial charge on any atom is -0.393 e. The molecule has 2 rings (SSSR count). The monoisotopic (exact) mass is 265 g/mol. The number of alkyl halides is 3. The molecule has 2 aliphatic carbocycles. The fraction of sp³-hybridized carbons (Fsp3) is 1.00. The Kier molecular flexibility index (Phi) is 4.54. The molecule has 0 spiro atoms. The first kappa shape index (κ1) is 14.1. The van der Waals surface area contributed by atoms with Crippen molar-refractivity contribution in [2.45, 2.75) is 75.7 Å². The van der Waals surface area contributed by atoms with Gasteiger partial charge in [0.05, 0.1) is 12.0 Å². The van der Waals surface area contributed by atoms with E-state index in [4.69, 9.17) is 0 Å². The summed E-state index contributed by atoms with van der Waals surface area (Å²) in [4.78, 5) is 0. The Balaban J connectivity index is 1.73. The number of aliphatic hydroxyl groups excluding tert-OH is 1. The van der Waals surface area contributed by atoms with Gasteiger partial charge in [0.25, 0.3) is 0 Å². The maximum atomic E-state index is 12.5. The SMILES string of the molecule is OC1CCCC(NC2CCC(C(F)(F)F)CC2)C1. The van der Waals surface area contributed by atoms with E-state index < -0.39 is 12.1 Å². The summed E-state index contributed by atoms with van der Waals surface area (Å²) in [5.74, 6) is -1.10. The molecule has 2 aliphatic rings. The van der Waals surface area contributed by atoms with Crippen LogP contribution in [0.15, 0.2) is 0 Å². The Morgan fingerprint density at radius 2 is 1.56 bits per heavy atom. The third-order valence-corrected chi connectivity index (χ3v) is 4.31. The van der Waals surface area contributed by atoms with Crippen LogP contribution >= 0.6 is 0 Å². The largest absolute Gasteiger partial charge is 0.393 e. The molecule has 0 aromatic carbocycles. The molecule has 0 heterocycles. The summed E-state index contributed by atoms with van der Waals surface area (Å²) >= 11 is 0. The van der Waals surface area contributed by atoms with Crippen LogP contribution in [-0.4, -0.2) is 29.5 Å². The summed E-state index contributed by atoms with van der Waals surface area (Å²) in [7, 11) is 0. The van der Waals surface area contributed by atoms with Crippen molar-refractivity contribution >= 4 is 0 Å². The third-order valence-electron chi connectivity index (χ3n) is 4.31. The molecular weight excluding hydrogens is 243 g/mol. The summed E-state index contributed by atoms with van der Waals surface area (Å²) < 4.78 is 37.6. The van der Waals surface area contributed by atoms with Crippen molar-refractivity contribution in [1.29, 1.82) is 0 Å². The van der Waals surface area contributed by atoms with Crippen molar-refractivity contribution in [3.05, 3.63) is 0 Å². The van der Waals surface area contributed by atoms with Crippen LogP contribution in [-0.2, 0) is 0 Å². The highest BCUT2D eigenvalue weighted by molar-refractivity contribution is 4.85. The number of nitrogens with one attached hydrogen (secondary N) is 1. The number of rotatable bonds is 2. The summed E-state index contributed by atoms with van der Waals surface area (Å²) in [5.41, 5.74) is 0. The van der Waals surface area contributed by atoms with E-state index in [2.05, 4.69) is 5.32 Å². The Labute approximate surface area is 106 Å². The van der Waals surface area contributed by atoms with Crippen LogP contribution in [0.1, 0.15) is 51.4 Å². The molecule has 2 atom stereocenters. The van der Waals surface area contributed by atoms with Gasteiger partial charge in [0.15, 0.2) is 0 Å². The van der Waals surface area contributed by atoms with Crippen molar-refractivity contribution in [3.8, 4) is 0 Å². The molecule has 5 heteroatoms. The summed E-state index contributed by atoms with van der Waals surface area (Å²) in [6, 6.07) is 0.500. The van der Waals surface area contributed by atoms with Gasteiger partial charge < -0.3 is 10.4 Å². The summed E-state index contributed by atoms with van der Waals surface area (Å²) in [6.45, 7) is 0. The van der Waals surface area contributed by atoms with Gasteiger partial charge in [-0.05, 0) is 51.4 Å². The number of aliphatic hydroxyl groups is 1. The highest BCUT2D eigenvalue weighted by Gasteiger charge is 2.41. The lowest BCUT2D eigenvalue weighted by atomic mass is 9.84. The van der Waals surface area contributed by atoms with Gasteiger partial charge in [0.2, 0.25) is 0 Å². The molecule has 2 nitrogen and oxygen atoms in total. The first-order chi connectivity index (χ1) is 8.45. The van der Waals surface area contributed by atoms with Gasteiger partial charge in [-0.3, -0.25) is 0 Å². The quantitative estimate of drug-likeness (QED) is 0.804. The third kappa shape index (κ3) is 3.85. The fourth-order valence-corrected chi connectivity index (χ4v) is 3.24. The van der Waals surface area contributed by atoms with E-state index in [1.807, 2.05) is 0 Å². The predicted octanol–water partition coefficient (Wildman–Crippen LogP) is 3.00. The topological polar surface area (TPSA) is 32.3 Å². The first-order valence-electron chi connectivity index (χ1n) is 6.96. The first-order valence-corrected chi connectivity index (χ1v) is 6.96. The lowest BCUT2D eigenvalue weighted by Crippen LogP contribution is -2.44. The van der Waals surface area contributed by atoms with Gasteiger partial charge >= 0.3 is 6.18 Å². The predicted molar refractivity (Wildman–Crippen MR) is 63.2 cm³/mol. The van der Waals surface area contributed by atoms with E-state index in [1.165, 1.54) is 0 Å². The summed E-state index contributed by atoms with van der Waals surface area (Å²) in [5, 5.41) is 13.0. The second-order valence-corrected chi connectivity index (χ2v) is 5.77. The van der Waals surface area contributed by atoms with Crippen LogP contribution in [0.5, 0.6) is 0 Å². The molecule has 0 amide bonds. The van der Waals surface area contributed by atoms with E-state index in [9.17, 15) is 18.3 Å². The molecular formula is C13H22F3NO. The van der Waals surface area contributed by atoms with Crippen molar-refractivity contribution < 1.29 is 18.3 Å². The molecule has 2 saturated carbocycles. The molecule has 0 aromatic rings. The van der Waals surface area contributed by atoms with Crippen molar-refractivity contribution in [2.75, 3.05) is 0 Å². The molecule has 2 N–H and O–H groups in total. The molecule has 0 radical (unpaired) electrons. The molecule has 0 bridgehead atoms. The van der Waals surface area contributed by atoms with Crippen LogP contribution in [0.25, 0.3) is 0 Å². The zero-order valence-corrected chi connectivity index (χ0v) is 10.5. The van der Waals surface area contributed by atoms with Gasteiger partial charge in [0, 0.05) is 12.1 Å². The fourth-order valence-electron chi connectivity index (χ4n) is 3.24. The van der Waals surface area contributed by atoms with E-state index >= 15 is 0 Å². The van der Waals surface area contributed by atoms with Crippen LogP contribution < -0.4 is 5.32 Å². The maximum Gasteiger partial charge on any atom is 0.391 e. The van der Waals surface area contributed by atoms with Gasteiger partial charge in [-0.2, -0.15) is 13.2 Å². The van der Waals surface area contributed by atoms with E-state index in [1.54, 1.807) is 0 Å². The molecule has 0 aliphatic heterocycles. The minimum atomic E-state index is -4.02. The average Bonchev–Trinajstić information content (AvgIpc) is 2.28. The van der Waals surface area contributed by atoms with Gasteiger partial charge in [-0.1, -0.05) is 0 Å². The standard InChI is InChI=1S/C13H22F3NO/c14-13(15,16)9-4-6-10(7-5-9)17-11-2-1-3-12(18)8-11/h9-12,17-18H,1-8H2. The van der Waals surface area contributed by atoms with E-state index in [0.717, 1.165) is 25.7 Å². The lowest BCUT2D eigenvalue weighted by Gasteiger charge is -2.35. The van der Waals surface area contributed by atoms with Gasteiger partial charge in [-0.25, -0.2) is 0 Å². The second kappa shape index (κ2) is 5.78. The minimum absolute atomic E-state index is 0.207. The zero-order valence-electron chi connectivity index (χ0n) is 10.5. The molecule has 0 saturated heterocycles. The number of hydrogen-bond acceptors (Lipinski definition) is 2. The smallest absolute Gasteiger partial charge is 0.391 e.